The van der Waals surface area contributed by atoms with Gasteiger partial charge in [0.25, 0.3) is 5.56 Å². The van der Waals surface area contributed by atoms with Crippen LogP contribution in [-0.2, 0) is 7.05 Å². The first kappa shape index (κ1) is 18.0. The zero-order chi connectivity index (χ0) is 17.6. The van der Waals surface area contributed by atoms with Crippen LogP contribution in [0.15, 0.2) is 47.8 Å². The van der Waals surface area contributed by atoms with Crippen LogP contribution in [-0.4, -0.2) is 24.1 Å². The molecule has 0 saturated carbocycles. The van der Waals surface area contributed by atoms with Crippen molar-refractivity contribution in [3.05, 3.63) is 64.2 Å². The Kier molecular flexibility index (Phi) is 4.71. The smallest absolute Gasteiger partial charge is 0.276 e. The fourth-order valence-corrected chi connectivity index (χ4v) is 2.90. The van der Waals surface area contributed by atoms with Crippen molar-refractivity contribution in [3.63, 3.8) is 0 Å². The Morgan fingerprint density at radius 1 is 1.35 bits per heavy atom. The summed E-state index contributed by atoms with van der Waals surface area (Å²) < 4.78 is 17.5. The number of rotatable bonds is 3. The van der Waals surface area contributed by atoms with E-state index < -0.39 is 5.82 Å². The molecule has 1 aromatic carbocycles. The van der Waals surface area contributed by atoms with Crippen LogP contribution < -0.4 is 10.9 Å². The van der Waals surface area contributed by atoms with Crippen molar-refractivity contribution in [2.24, 2.45) is 7.05 Å². The highest BCUT2D eigenvalue weighted by Gasteiger charge is 2.20. The average Bonchev–Trinajstić information content (AvgIpc) is 3.13. The molecule has 4 rings (SSSR count). The summed E-state index contributed by atoms with van der Waals surface area (Å²) in [6.45, 7) is 0. The number of anilines is 2. The van der Waals surface area contributed by atoms with E-state index in [0.717, 1.165) is 0 Å². The van der Waals surface area contributed by atoms with E-state index in [2.05, 4.69) is 20.4 Å². The molecule has 2 N–H and O–H groups in total. The molecule has 134 valence electrons. The lowest BCUT2D eigenvalue weighted by atomic mass is 10.2. The zero-order valence-corrected chi connectivity index (χ0v) is 15.0. The topological polar surface area (TPSA) is 80.0 Å². The predicted octanol–water partition coefficient (Wildman–Crippen LogP) is 3.38. The summed E-state index contributed by atoms with van der Waals surface area (Å²) in [5.41, 5.74) is 0.668. The summed E-state index contributed by atoms with van der Waals surface area (Å²) in [7, 11) is 1.77. The molecule has 26 heavy (non-hydrogen) atoms. The summed E-state index contributed by atoms with van der Waals surface area (Å²) in [4.78, 5) is 19.3. The highest BCUT2D eigenvalue weighted by Crippen LogP contribution is 2.32. The predicted molar refractivity (Wildman–Crippen MR) is 100.0 cm³/mol. The van der Waals surface area contributed by atoms with Crippen molar-refractivity contribution in [1.82, 2.24) is 24.1 Å². The molecule has 0 unspecified atom stereocenters. The van der Waals surface area contributed by atoms with Crippen LogP contribution in [0.25, 0.3) is 16.9 Å². The Bertz CT molecular complexity index is 1130. The fraction of sp³-hybridized carbons (Fsp3) is 0.0625. The van der Waals surface area contributed by atoms with Crippen LogP contribution in [0.5, 0.6) is 0 Å². The number of H-pyrrole nitrogens is 1. The van der Waals surface area contributed by atoms with Gasteiger partial charge in [0.05, 0.1) is 22.5 Å². The van der Waals surface area contributed by atoms with E-state index in [1.54, 1.807) is 36.4 Å². The number of nitrogens with one attached hydrogen (secondary N) is 2. The van der Waals surface area contributed by atoms with Crippen molar-refractivity contribution in [2.75, 3.05) is 5.32 Å². The van der Waals surface area contributed by atoms with Gasteiger partial charge in [0.1, 0.15) is 5.82 Å². The molecule has 0 aliphatic carbocycles. The maximum Gasteiger partial charge on any atom is 0.276 e. The number of aryl methyl sites for hydroxylation is 1. The van der Waals surface area contributed by atoms with Gasteiger partial charge in [0.2, 0.25) is 0 Å². The number of hydrogen-bond donors (Lipinski definition) is 2. The number of nitrogens with zero attached hydrogens (tertiary/aromatic N) is 4. The highest BCUT2D eigenvalue weighted by molar-refractivity contribution is 6.33. The number of aromatic nitrogens is 5. The SMILES string of the molecule is Cl.Cn1cc(Nc2nc(-c3c(F)cccc3Cl)n3cc[nH]c(=O)c23)cn1. The Balaban J connectivity index is 0.00000196. The first-order valence-corrected chi connectivity index (χ1v) is 7.72. The van der Waals surface area contributed by atoms with E-state index in [0.29, 0.717) is 5.69 Å². The molecule has 0 fully saturated rings. The molecular formula is C16H13Cl2FN6O. The summed E-state index contributed by atoms with van der Waals surface area (Å²) in [5, 5.41) is 7.31. The normalized spacial score (nSPS) is 10.7. The maximum absolute atomic E-state index is 14.3. The van der Waals surface area contributed by atoms with Gasteiger partial charge in [-0.15, -0.1) is 12.4 Å². The Labute approximate surface area is 157 Å². The second kappa shape index (κ2) is 6.81. The molecule has 3 heterocycles. The number of fused-ring (bicyclic) bond motifs is 1. The van der Waals surface area contributed by atoms with E-state index in [-0.39, 0.29) is 45.7 Å². The van der Waals surface area contributed by atoms with Gasteiger partial charge in [0.15, 0.2) is 17.2 Å². The first-order valence-electron chi connectivity index (χ1n) is 7.34. The van der Waals surface area contributed by atoms with Gasteiger partial charge in [-0.3, -0.25) is 13.9 Å². The molecule has 0 amide bonds. The third kappa shape index (κ3) is 2.93. The Morgan fingerprint density at radius 3 is 2.85 bits per heavy atom. The van der Waals surface area contributed by atoms with Gasteiger partial charge in [-0.1, -0.05) is 17.7 Å². The third-order valence-electron chi connectivity index (χ3n) is 3.72. The van der Waals surface area contributed by atoms with Crippen LogP contribution in [0.4, 0.5) is 15.9 Å². The van der Waals surface area contributed by atoms with Crippen molar-refractivity contribution in [1.29, 1.82) is 0 Å². The van der Waals surface area contributed by atoms with Crippen LogP contribution in [0.1, 0.15) is 0 Å². The lowest BCUT2D eigenvalue weighted by Gasteiger charge is -2.04. The fourth-order valence-electron chi connectivity index (χ4n) is 2.65. The Hall–Kier alpha value is -2.84. The summed E-state index contributed by atoms with van der Waals surface area (Å²) in [5.74, 6) is -0.00707. The number of aromatic amines is 1. The number of benzene rings is 1. The number of halogens is 3. The molecule has 0 spiro atoms. The zero-order valence-electron chi connectivity index (χ0n) is 13.4. The quantitative estimate of drug-likeness (QED) is 0.558. The molecule has 7 nitrogen and oxygen atoms in total. The van der Waals surface area contributed by atoms with Gasteiger partial charge >= 0.3 is 0 Å². The maximum atomic E-state index is 14.3. The molecule has 4 aromatic rings. The largest absolute Gasteiger partial charge is 0.336 e. The van der Waals surface area contributed by atoms with Crippen molar-refractivity contribution in [2.45, 2.75) is 0 Å². The minimum absolute atomic E-state index is 0. The van der Waals surface area contributed by atoms with Gasteiger partial charge in [-0.25, -0.2) is 9.37 Å². The first-order chi connectivity index (χ1) is 12.0. The van der Waals surface area contributed by atoms with Crippen LogP contribution in [0.2, 0.25) is 5.02 Å². The molecule has 0 radical (unpaired) electrons. The summed E-state index contributed by atoms with van der Waals surface area (Å²) >= 11 is 6.16. The second-order valence-electron chi connectivity index (χ2n) is 5.42. The molecule has 0 saturated heterocycles. The van der Waals surface area contributed by atoms with E-state index in [1.165, 1.54) is 22.7 Å². The van der Waals surface area contributed by atoms with E-state index in [4.69, 9.17) is 11.6 Å². The number of imidazole rings is 1. The van der Waals surface area contributed by atoms with Gasteiger partial charge in [-0.2, -0.15) is 5.10 Å². The van der Waals surface area contributed by atoms with Gasteiger partial charge in [0, 0.05) is 25.6 Å². The second-order valence-corrected chi connectivity index (χ2v) is 5.82. The molecule has 0 aliphatic heterocycles. The summed E-state index contributed by atoms with van der Waals surface area (Å²) in [6, 6.07) is 4.38. The monoisotopic (exact) mass is 394 g/mol. The number of hydrogen-bond acceptors (Lipinski definition) is 4. The van der Waals surface area contributed by atoms with Gasteiger partial charge < -0.3 is 10.3 Å². The standard InChI is InChI=1S/C16H12ClFN6O.ClH/c1-23-8-9(7-20-23)21-14-13-16(25)19-5-6-24(13)15(22-14)12-10(17)3-2-4-11(12)18;/h2-8,21H,1H3,(H,19,25);1H. The highest BCUT2D eigenvalue weighted by atomic mass is 35.5. The average molecular weight is 395 g/mol. The molecular weight excluding hydrogens is 382 g/mol. The van der Waals surface area contributed by atoms with Crippen LogP contribution in [0.3, 0.4) is 0 Å². The molecule has 10 heteroatoms. The van der Waals surface area contributed by atoms with Crippen molar-refractivity contribution >= 4 is 41.0 Å². The molecule has 0 atom stereocenters. The Morgan fingerprint density at radius 2 is 2.15 bits per heavy atom. The van der Waals surface area contributed by atoms with E-state index >= 15 is 0 Å². The van der Waals surface area contributed by atoms with E-state index in [1.807, 2.05) is 0 Å². The lowest BCUT2D eigenvalue weighted by molar-refractivity contribution is 0.630. The molecule has 0 bridgehead atoms. The van der Waals surface area contributed by atoms with Crippen molar-refractivity contribution in [3.8, 4) is 11.4 Å². The van der Waals surface area contributed by atoms with Gasteiger partial charge in [-0.05, 0) is 12.1 Å². The van der Waals surface area contributed by atoms with Crippen LogP contribution >= 0.6 is 24.0 Å². The minimum atomic E-state index is -0.521. The van der Waals surface area contributed by atoms with Crippen molar-refractivity contribution < 1.29 is 4.39 Å². The summed E-state index contributed by atoms with van der Waals surface area (Å²) in [6.07, 6.45) is 6.38. The third-order valence-corrected chi connectivity index (χ3v) is 4.03. The minimum Gasteiger partial charge on any atom is -0.336 e. The molecule has 0 aliphatic rings. The van der Waals surface area contributed by atoms with Crippen LogP contribution in [0, 0.1) is 5.82 Å². The molecule has 3 aromatic heterocycles. The lowest BCUT2D eigenvalue weighted by Crippen LogP contribution is -2.09. The van der Waals surface area contributed by atoms with E-state index in [9.17, 15) is 9.18 Å².